The van der Waals surface area contributed by atoms with Gasteiger partial charge < -0.3 is 9.13 Å². The molecule has 7 aromatic rings. The van der Waals surface area contributed by atoms with Gasteiger partial charge >= 0.3 is 0 Å². The predicted octanol–water partition coefficient (Wildman–Crippen LogP) is 10.9. The van der Waals surface area contributed by atoms with Crippen LogP contribution in [0.5, 0.6) is 0 Å². The number of hydrogen-bond donors (Lipinski definition) is 0. The van der Waals surface area contributed by atoms with Crippen LogP contribution in [0.15, 0.2) is 127 Å². The topological polar surface area (TPSA) is 81.2 Å². The number of fused-ring (bicyclic) bond motifs is 6. The number of nitriles is 3. The summed E-state index contributed by atoms with van der Waals surface area (Å²) in [5.74, 6) is -0.0503. The first-order valence-corrected chi connectivity index (χ1v) is 17.3. The minimum absolute atomic E-state index is 0.0985. The number of nitrogens with zero attached hydrogens (tertiary/aromatic N) is 5. The van der Waals surface area contributed by atoms with Gasteiger partial charge in [-0.25, -0.2) is 0 Å². The lowest BCUT2D eigenvalue weighted by molar-refractivity contribution is 0.654. The van der Waals surface area contributed by atoms with Crippen molar-refractivity contribution in [2.45, 2.75) is 25.7 Å². The molecule has 5 nitrogen and oxygen atoms in total. The van der Waals surface area contributed by atoms with E-state index in [9.17, 15) is 15.8 Å². The first-order valence-electron chi connectivity index (χ1n) is 17.3. The van der Waals surface area contributed by atoms with E-state index in [2.05, 4.69) is 131 Å². The van der Waals surface area contributed by atoms with Crippen LogP contribution >= 0.6 is 0 Å². The third-order valence-electron chi connectivity index (χ3n) is 10.7. The van der Waals surface area contributed by atoms with Gasteiger partial charge in [0.1, 0.15) is 0 Å². The Bertz CT molecular complexity index is 2750. The van der Waals surface area contributed by atoms with Crippen molar-refractivity contribution in [3.8, 4) is 51.8 Å². The molecule has 0 N–H and O–H groups in total. The van der Waals surface area contributed by atoms with Gasteiger partial charge in [-0.3, -0.25) is 0 Å². The van der Waals surface area contributed by atoms with Crippen LogP contribution in [0.4, 0.5) is 0 Å². The van der Waals surface area contributed by atoms with Gasteiger partial charge in [0.15, 0.2) is 0 Å². The molecule has 5 aromatic carbocycles. The Kier molecular flexibility index (Phi) is 7.06. The van der Waals surface area contributed by atoms with E-state index in [0.29, 0.717) is 12.0 Å². The van der Waals surface area contributed by atoms with Crippen molar-refractivity contribution >= 4 is 34.0 Å². The summed E-state index contributed by atoms with van der Waals surface area (Å²) >= 11 is 0. The first kappa shape index (κ1) is 30.2. The van der Waals surface area contributed by atoms with Crippen LogP contribution in [0, 0.1) is 39.9 Å². The largest absolute Gasteiger partial charge is 0.312 e. The Morgan fingerprint density at radius 1 is 0.667 bits per heavy atom. The van der Waals surface area contributed by atoms with Crippen molar-refractivity contribution < 1.29 is 0 Å². The number of para-hydroxylation sites is 2. The molecule has 0 bridgehead atoms. The molecule has 9 rings (SSSR count). The van der Waals surface area contributed by atoms with Crippen molar-refractivity contribution in [1.82, 2.24) is 9.13 Å². The van der Waals surface area contributed by atoms with E-state index in [4.69, 9.17) is 0 Å². The molecular formula is C46H31N5. The molecule has 0 aliphatic heterocycles. The monoisotopic (exact) mass is 653 g/mol. The van der Waals surface area contributed by atoms with Crippen molar-refractivity contribution in [3.63, 3.8) is 0 Å². The Morgan fingerprint density at radius 3 is 2.12 bits per heavy atom. The van der Waals surface area contributed by atoms with Gasteiger partial charge in [0.25, 0.3) is 0 Å². The normalized spacial score (nSPS) is 16.2. The van der Waals surface area contributed by atoms with Gasteiger partial charge in [-0.1, -0.05) is 91.9 Å². The maximum Gasteiger partial charge on any atom is 0.0992 e. The van der Waals surface area contributed by atoms with Crippen LogP contribution in [-0.2, 0) is 6.42 Å². The minimum atomic E-state index is -0.149. The van der Waals surface area contributed by atoms with E-state index in [1.54, 1.807) is 0 Å². The van der Waals surface area contributed by atoms with Crippen LogP contribution in [0.1, 0.15) is 47.3 Å². The van der Waals surface area contributed by atoms with Crippen LogP contribution < -0.4 is 0 Å². The zero-order valence-corrected chi connectivity index (χ0v) is 28.0. The first-order chi connectivity index (χ1) is 25.1. The van der Waals surface area contributed by atoms with Gasteiger partial charge in [0.05, 0.1) is 52.1 Å². The average molecular weight is 654 g/mol. The third-order valence-corrected chi connectivity index (χ3v) is 10.7. The molecule has 2 atom stereocenters. The summed E-state index contributed by atoms with van der Waals surface area (Å²) in [5, 5.41) is 31.9. The molecular weight excluding hydrogens is 623 g/mol. The lowest BCUT2D eigenvalue weighted by atomic mass is 9.83. The van der Waals surface area contributed by atoms with Gasteiger partial charge in [-0.15, -0.1) is 0 Å². The molecule has 2 aromatic heterocycles. The molecule has 2 aliphatic rings. The molecule has 240 valence electrons. The minimum Gasteiger partial charge on any atom is -0.312 e. The highest BCUT2D eigenvalue weighted by atomic mass is 15.0. The highest BCUT2D eigenvalue weighted by Crippen LogP contribution is 2.44. The van der Waals surface area contributed by atoms with Crippen LogP contribution in [0.3, 0.4) is 0 Å². The lowest BCUT2D eigenvalue weighted by Crippen LogP contribution is -2.11. The maximum atomic E-state index is 10.0. The highest BCUT2D eigenvalue weighted by molar-refractivity contribution is 5.97. The Balaban J connectivity index is 1.20. The fourth-order valence-corrected chi connectivity index (χ4v) is 8.26. The summed E-state index contributed by atoms with van der Waals surface area (Å²) in [6.45, 7) is 2.15. The number of allylic oxidation sites excluding steroid dienone is 2. The number of benzene rings is 5. The van der Waals surface area contributed by atoms with E-state index in [0.717, 1.165) is 79.0 Å². The highest BCUT2D eigenvalue weighted by Gasteiger charge is 2.29. The van der Waals surface area contributed by atoms with E-state index in [1.807, 2.05) is 36.4 Å². The average Bonchev–Trinajstić information content (AvgIpc) is 3.71. The fraction of sp³-hybridized carbons (Fsp3) is 0.109. The van der Waals surface area contributed by atoms with Gasteiger partial charge in [0.2, 0.25) is 0 Å². The van der Waals surface area contributed by atoms with Crippen molar-refractivity contribution in [3.05, 3.63) is 155 Å². The van der Waals surface area contributed by atoms with E-state index in [1.165, 1.54) is 10.9 Å². The molecule has 5 heteroatoms. The Labute approximate surface area is 296 Å². The van der Waals surface area contributed by atoms with Crippen LogP contribution in [0.2, 0.25) is 0 Å². The van der Waals surface area contributed by atoms with E-state index >= 15 is 0 Å². The van der Waals surface area contributed by atoms with E-state index in [-0.39, 0.29) is 11.8 Å². The van der Waals surface area contributed by atoms with Gasteiger partial charge in [0, 0.05) is 44.8 Å². The van der Waals surface area contributed by atoms with Crippen molar-refractivity contribution in [2.24, 2.45) is 5.92 Å². The standard InChI is InChI=1S/C46H31N5/c1-29-33(28-49)18-23-44-46(29)39-11-5-7-13-42(39)50(44)34-19-16-32(17-20-34)35-8-2-3-9-36(35)38-21-14-31(27-48)25-45(38)51-41-12-6-4-10-37(41)40-24-30(26-47)15-22-43(40)51/h2-14,16-21,23-25,29,33H,15,22H2,1H3. The predicted molar refractivity (Wildman–Crippen MR) is 204 cm³/mol. The SMILES string of the molecule is CC1c2c(n(-c3ccc(-c4ccccc4-c4ccc(C#N)cc4-n4c5c(c6ccccc64)C=C(C#N)CC5)cc3)c3ccccc23)C=CC1C#N. The summed E-state index contributed by atoms with van der Waals surface area (Å²) in [7, 11) is 0. The van der Waals surface area contributed by atoms with Gasteiger partial charge in [-0.2, -0.15) is 15.8 Å². The van der Waals surface area contributed by atoms with E-state index < -0.39 is 0 Å². The summed E-state index contributed by atoms with van der Waals surface area (Å²) in [6, 6.07) is 47.2. The van der Waals surface area contributed by atoms with Crippen LogP contribution in [0.25, 0.3) is 67.6 Å². The van der Waals surface area contributed by atoms with Crippen molar-refractivity contribution in [1.29, 1.82) is 15.8 Å². The molecule has 0 amide bonds. The summed E-state index contributed by atoms with van der Waals surface area (Å²) < 4.78 is 4.61. The smallest absolute Gasteiger partial charge is 0.0992 e. The van der Waals surface area contributed by atoms with Gasteiger partial charge in [-0.05, 0) is 83.6 Å². The number of hydrogen-bond acceptors (Lipinski definition) is 3. The maximum absolute atomic E-state index is 10.0. The van der Waals surface area contributed by atoms with Crippen LogP contribution in [-0.4, -0.2) is 9.13 Å². The molecule has 0 spiro atoms. The number of rotatable bonds is 4. The zero-order valence-electron chi connectivity index (χ0n) is 28.0. The molecule has 2 unspecified atom stereocenters. The molecule has 0 saturated heterocycles. The molecule has 51 heavy (non-hydrogen) atoms. The zero-order chi connectivity index (χ0) is 34.6. The van der Waals surface area contributed by atoms with Crippen molar-refractivity contribution in [2.75, 3.05) is 0 Å². The molecule has 2 heterocycles. The Morgan fingerprint density at radius 2 is 1.37 bits per heavy atom. The Hall–Kier alpha value is -6.87. The summed E-state index contributed by atoms with van der Waals surface area (Å²) in [6.07, 6.45) is 7.60. The second-order valence-electron chi connectivity index (χ2n) is 13.4. The molecule has 0 fully saturated rings. The second kappa shape index (κ2) is 11.9. The molecule has 2 aliphatic carbocycles. The quantitative estimate of drug-likeness (QED) is 0.190. The second-order valence-corrected chi connectivity index (χ2v) is 13.4. The third kappa shape index (κ3) is 4.66. The summed E-state index contributed by atoms with van der Waals surface area (Å²) in [5.41, 5.74) is 14.5. The molecule has 0 radical (unpaired) electrons. The number of aromatic nitrogens is 2. The molecule has 0 saturated carbocycles. The summed E-state index contributed by atoms with van der Waals surface area (Å²) in [4.78, 5) is 0. The lowest BCUT2D eigenvalue weighted by Gasteiger charge is -2.21. The fourth-order valence-electron chi connectivity index (χ4n) is 8.26.